The van der Waals surface area contributed by atoms with E-state index >= 15 is 0 Å². The van der Waals surface area contributed by atoms with Crippen molar-refractivity contribution in [3.63, 3.8) is 0 Å². The number of benzene rings is 2. The van der Waals surface area contributed by atoms with Gasteiger partial charge in [0.05, 0.1) is 17.7 Å². The molecule has 188 valence electrons. The molecular formula is C27H30F4N2O2. The van der Waals surface area contributed by atoms with E-state index in [0.717, 1.165) is 12.8 Å². The van der Waals surface area contributed by atoms with Crippen molar-refractivity contribution in [1.82, 2.24) is 10.2 Å². The zero-order chi connectivity index (χ0) is 25.0. The Morgan fingerprint density at radius 2 is 1.66 bits per heavy atom. The van der Waals surface area contributed by atoms with Crippen LogP contribution < -0.4 is 5.32 Å². The predicted octanol–water partition coefficient (Wildman–Crippen LogP) is 5.79. The highest BCUT2D eigenvalue weighted by Gasteiger charge is 2.33. The molecule has 2 aromatic rings. The molecule has 1 aliphatic heterocycles. The summed E-state index contributed by atoms with van der Waals surface area (Å²) in [6.45, 7) is 0.839. The fraction of sp³-hybridized carbons (Fsp3) is 0.481. The van der Waals surface area contributed by atoms with E-state index in [1.54, 1.807) is 4.90 Å². The number of halogens is 4. The summed E-state index contributed by atoms with van der Waals surface area (Å²) in [6.07, 6.45) is 2.02. The van der Waals surface area contributed by atoms with Crippen LogP contribution in [0.25, 0.3) is 0 Å². The molecular weight excluding hydrogens is 460 g/mol. The molecule has 0 bridgehead atoms. The van der Waals surface area contributed by atoms with Gasteiger partial charge in [0.15, 0.2) is 0 Å². The van der Waals surface area contributed by atoms with Crippen LogP contribution in [0.1, 0.15) is 65.9 Å². The van der Waals surface area contributed by atoms with Crippen LogP contribution in [0.3, 0.4) is 0 Å². The summed E-state index contributed by atoms with van der Waals surface area (Å²) >= 11 is 0. The molecule has 2 aromatic carbocycles. The number of alkyl halides is 3. The second-order valence-electron chi connectivity index (χ2n) is 9.73. The molecule has 2 amide bonds. The first-order chi connectivity index (χ1) is 16.7. The number of rotatable bonds is 6. The summed E-state index contributed by atoms with van der Waals surface area (Å²) in [6, 6.07) is 12.3. The Bertz CT molecular complexity index is 1030. The first kappa shape index (κ1) is 25.2. The lowest BCUT2D eigenvalue weighted by molar-refractivity contribution is -0.137. The van der Waals surface area contributed by atoms with Gasteiger partial charge < -0.3 is 10.2 Å². The minimum absolute atomic E-state index is 0.305. The second kappa shape index (κ2) is 10.8. The Balaban J connectivity index is 1.22. The van der Waals surface area contributed by atoms with Crippen LogP contribution >= 0.6 is 0 Å². The van der Waals surface area contributed by atoms with Crippen LogP contribution in [0.15, 0.2) is 48.5 Å². The van der Waals surface area contributed by atoms with Gasteiger partial charge in [0.2, 0.25) is 5.91 Å². The van der Waals surface area contributed by atoms with Crippen LogP contribution in [0.5, 0.6) is 0 Å². The van der Waals surface area contributed by atoms with Crippen molar-refractivity contribution in [2.75, 3.05) is 19.6 Å². The van der Waals surface area contributed by atoms with Crippen LogP contribution in [-0.2, 0) is 11.0 Å². The molecule has 1 heterocycles. The zero-order valence-electron chi connectivity index (χ0n) is 19.5. The Labute approximate surface area is 202 Å². The van der Waals surface area contributed by atoms with E-state index in [-0.39, 0.29) is 12.5 Å². The van der Waals surface area contributed by atoms with Crippen molar-refractivity contribution in [2.24, 2.45) is 11.8 Å². The Hall–Kier alpha value is -2.90. The van der Waals surface area contributed by atoms with Crippen molar-refractivity contribution >= 4 is 11.8 Å². The number of carbonyl (C=O) groups is 2. The maximum Gasteiger partial charge on any atom is 0.416 e. The van der Waals surface area contributed by atoms with Gasteiger partial charge in [-0.1, -0.05) is 30.3 Å². The lowest BCUT2D eigenvalue weighted by atomic mass is 9.75. The second-order valence-corrected chi connectivity index (χ2v) is 9.73. The minimum Gasteiger partial charge on any atom is -0.343 e. The van der Waals surface area contributed by atoms with E-state index in [4.69, 9.17) is 0 Å². The predicted molar refractivity (Wildman–Crippen MR) is 124 cm³/mol. The summed E-state index contributed by atoms with van der Waals surface area (Å²) in [5.74, 6) is -0.716. The van der Waals surface area contributed by atoms with Crippen LogP contribution in [-0.4, -0.2) is 36.3 Å². The number of hydrogen-bond donors (Lipinski definition) is 1. The standard InChI is InChI=1S/C27H30F4N2O2/c28-24-11-10-22(27(29,30)31)15-23(24)26(35)32-16-25(34)33-13-12-19(17-33)14-18-6-8-21(9-7-18)20-4-2-1-3-5-20/h1-5,10-11,15,18-19,21H,6-9,12-14,16-17H2,(H,32,35). The van der Waals surface area contributed by atoms with Gasteiger partial charge in [-0.3, -0.25) is 9.59 Å². The Morgan fingerprint density at radius 1 is 0.943 bits per heavy atom. The van der Waals surface area contributed by atoms with Gasteiger partial charge in [-0.15, -0.1) is 0 Å². The third-order valence-electron chi connectivity index (χ3n) is 7.36. The van der Waals surface area contributed by atoms with E-state index in [0.29, 0.717) is 49.0 Å². The molecule has 1 N–H and O–H groups in total. The van der Waals surface area contributed by atoms with Crippen LogP contribution in [0.4, 0.5) is 17.6 Å². The quantitative estimate of drug-likeness (QED) is 0.522. The maximum atomic E-state index is 13.9. The number of carbonyl (C=O) groups excluding carboxylic acids is 2. The van der Waals surface area contributed by atoms with Crippen molar-refractivity contribution in [1.29, 1.82) is 0 Å². The molecule has 0 aromatic heterocycles. The lowest BCUT2D eigenvalue weighted by Crippen LogP contribution is -2.39. The molecule has 1 unspecified atom stereocenters. The summed E-state index contributed by atoms with van der Waals surface area (Å²) < 4.78 is 52.5. The summed E-state index contributed by atoms with van der Waals surface area (Å²) in [4.78, 5) is 26.5. The topological polar surface area (TPSA) is 49.4 Å². The number of nitrogens with zero attached hydrogens (tertiary/aromatic N) is 1. The largest absolute Gasteiger partial charge is 0.416 e. The van der Waals surface area contributed by atoms with Gasteiger partial charge in [0.25, 0.3) is 5.91 Å². The highest BCUT2D eigenvalue weighted by molar-refractivity contribution is 5.96. The fourth-order valence-corrected chi connectivity index (χ4v) is 5.42. The van der Waals surface area contributed by atoms with Gasteiger partial charge in [-0.2, -0.15) is 13.2 Å². The van der Waals surface area contributed by atoms with Gasteiger partial charge in [0, 0.05) is 13.1 Å². The SMILES string of the molecule is O=C(NCC(=O)N1CCC(CC2CCC(c3ccccc3)CC2)C1)c1cc(C(F)(F)F)ccc1F. The first-order valence-corrected chi connectivity index (χ1v) is 12.2. The van der Waals surface area contributed by atoms with Gasteiger partial charge in [-0.05, 0) is 80.0 Å². The molecule has 0 spiro atoms. The smallest absolute Gasteiger partial charge is 0.343 e. The average molecular weight is 491 g/mol. The van der Waals surface area contributed by atoms with E-state index in [1.807, 2.05) is 6.07 Å². The molecule has 0 radical (unpaired) electrons. The highest BCUT2D eigenvalue weighted by atomic mass is 19.4. The summed E-state index contributed by atoms with van der Waals surface area (Å²) in [5, 5.41) is 2.27. The molecule has 1 saturated carbocycles. The Morgan fingerprint density at radius 3 is 2.34 bits per heavy atom. The van der Waals surface area contributed by atoms with E-state index < -0.39 is 29.0 Å². The molecule has 2 aliphatic rings. The van der Waals surface area contributed by atoms with E-state index in [9.17, 15) is 27.2 Å². The third kappa shape index (κ3) is 6.41. The van der Waals surface area contributed by atoms with Crippen molar-refractivity contribution in [3.8, 4) is 0 Å². The van der Waals surface area contributed by atoms with Gasteiger partial charge in [-0.25, -0.2) is 4.39 Å². The highest BCUT2D eigenvalue weighted by Crippen LogP contribution is 2.39. The minimum atomic E-state index is -4.69. The van der Waals surface area contributed by atoms with Crippen LogP contribution in [0, 0.1) is 17.7 Å². The molecule has 35 heavy (non-hydrogen) atoms. The Kier molecular flexibility index (Phi) is 7.77. The average Bonchev–Trinajstić information content (AvgIpc) is 3.31. The van der Waals surface area contributed by atoms with E-state index in [1.165, 1.54) is 31.2 Å². The molecule has 1 aliphatic carbocycles. The molecule has 2 fully saturated rings. The fourth-order valence-electron chi connectivity index (χ4n) is 5.42. The van der Waals surface area contributed by atoms with Crippen LogP contribution in [0.2, 0.25) is 0 Å². The third-order valence-corrected chi connectivity index (χ3v) is 7.36. The summed E-state index contributed by atoms with van der Waals surface area (Å²) in [7, 11) is 0. The van der Waals surface area contributed by atoms with E-state index in [2.05, 4.69) is 29.6 Å². The van der Waals surface area contributed by atoms with Crippen molar-refractivity contribution < 1.29 is 27.2 Å². The normalized spacial score (nSPS) is 22.7. The number of amides is 2. The van der Waals surface area contributed by atoms with Crippen molar-refractivity contribution in [3.05, 3.63) is 71.0 Å². The zero-order valence-corrected chi connectivity index (χ0v) is 19.5. The number of nitrogens with one attached hydrogen (secondary N) is 1. The number of likely N-dealkylation sites (tertiary alicyclic amines) is 1. The lowest BCUT2D eigenvalue weighted by Gasteiger charge is -2.30. The molecule has 8 heteroatoms. The van der Waals surface area contributed by atoms with Gasteiger partial charge in [0.1, 0.15) is 5.82 Å². The molecule has 4 nitrogen and oxygen atoms in total. The van der Waals surface area contributed by atoms with Gasteiger partial charge >= 0.3 is 6.18 Å². The van der Waals surface area contributed by atoms with Crippen molar-refractivity contribution in [2.45, 2.75) is 50.6 Å². The molecule has 1 atom stereocenters. The number of hydrogen-bond acceptors (Lipinski definition) is 2. The molecule has 1 saturated heterocycles. The summed E-state index contributed by atoms with van der Waals surface area (Å²) in [5.41, 5.74) is -0.427. The molecule has 4 rings (SSSR count). The maximum absolute atomic E-state index is 13.9. The monoisotopic (exact) mass is 490 g/mol. The first-order valence-electron chi connectivity index (χ1n) is 12.2.